The number of furan rings is 1. The Morgan fingerprint density at radius 2 is 2.04 bits per heavy atom. The summed E-state index contributed by atoms with van der Waals surface area (Å²) in [7, 11) is 1.72. The Hall–Kier alpha value is -1.52. The summed E-state index contributed by atoms with van der Waals surface area (Å²) < 4.78 is 17.0. The van der Waals surface area contributed by atoms with Crippen molar-refractivity contribution in [1.82, 2.24) is 4.90 Å². The number of methoxy groups -OCH3 is 1. The predicted octanol–water partition coefficient (Wildman–Crippen LogP) is 3.58. The molecule has 1 saturated heterocycles. The molecule has 2 heterocycles. The molecule has 1 aliphatic carbocycles. The standard InChI is InChI=1S/C19H25NO3/c1-21-15-6-7-18-17(13-15)16(19(23-18)14-4-5-14)3-2-8-20-9-11-22-12-10-20/h6-7,13-14H,2-5,8-12H2,1H3. The molecule has 0 bridgehead atoms. The van der Waals surface area contributed by atoms with Gasteiger partial charge in [-0.1, -0.05) is 0 Å². The van der Waals surface area contributed by atoms with Crippen molar-refractivity contribution in [2.45, 2.75) is 31.6 Å². The molecule has 1 saturated carbocycles. The normalized spacial score (nSPS) is 19.3. The molecule has 4 rings (SSSR count). The molecule has 1 aromatic carbocycles. The highest BCUT2D eigenvalue weighted by Gasteiger charge is 2.31. The summed E-state index contributed by atoms with van der Waals surface area (Å²) in [6, 6.07) is 6.17. The van der Waals surface area contributed by atoms with Gasteiger partial charge in [0.25, 0.3) is 0 Å². The van der Waals surface area contributed by atoms with Gasteiger partial charge < -0.3 is 13.9 Å². The SMILES string of the molecule is COc1ccc2oc(C3CC3)c(CCCN3CCOCC3)c2c1. The largest absolute Gasteiger partial charge is 0.497 e. The molecule has 23 heavy (non-hydrogen) atoms. The van der Waals surface area contributed by atoms with Gasteiger partial charge in [0.2, 0.25) is 0 Å². The van der Waals surface area contributed by atoms with Gasteiger partial charge >= 0.3 is 0 Å². The quantitative estimate of drug-likeness (QED) is 0.816. The van der Waals surface area contributed by atoms with Crippen LogP contribution in [0.1, 0.15) is 36.5 Å². The van der Waals surface area contributed by atoms with E-state index in [0.29, 0.717) is 5.92 Å². The van der Waals surface area contributed by atoms with Crippen molar-refractivity contribution in [1.29, 1.82) is 0 Å². The number of morpholine rings is 1. The van der Waals surface area contributed by atoms with Crippen LogP contribution in [0.25, 0.3) is 11.0 Å². The van der Waals surface area contributed by atoms with Crippen molar-refractivity contribution >= 4 is 11.0 Å². The molecule has 0 spiro atoms. The minimum absolute atomic E-state index is 0.645. The molecule has 2 fully saturated rings. The number of benzene rings is 1. The number of fused-ring (bicyclic) bond motifs is 1. The van der Waals surface area contributed by atoms with Gasteiger partial charge in [-0.05, 0) is 50.4 Å². The third-order valence-corrected chi connectivity index (χ3v) is 4.98. The van der Waals surface area contributed by atoms with Crippen molar-refractivity contribution in [3.05, 3.63) is 29.5 Å². The Morgan fingerprint density at radius 1 is 1.22 bits per heavy atom. The lowest BCUT2D eigenvalue weighted by molar-refractivity contribution is 0.0374. The zero-order valence-electron chi connectivity index (χ0n) is 13.8. The monoisotopic (exact) mass is 315 g/mol. The van der Waals surface area contributed by atoms with Crippen LogP contribution in [0.4, 0.5) is 0 Å². The van der Waals surface area contributed by atoms with Crippen molar-refractivity contribution in [3.8, 4) is 5.75 Å². The van der Waals surface area contributed by atoms with Crippen LogP contribution in [0.15, 0.2) is 22.6 Å². The molecule has 0 atom stereocenters. The average molecular weight is 315 g/mol. The molecule has 0 unspecified atom stereocenters. The van der Waals surface area contributed by atoms with Gasteiger partial charge in [-0.2, -0.15) is 0 Å². The Morgan fingerprint density at radius 3 is 2.78 bits per heavy atom. The van der Waals surface area contributed by atoms with E-state index in [-0.39, 0.29) is 0 Å². The van der Waals surface area contributed by atoms with Crippen molar-refractivity contribution < 1.29 is 13.9 Å². The van der Waals surface area contributed by atoms with Crippen LogP contribution < -0.4 is 4.74 Å². The van der Waals surface area contributed by atoms with Crippen LogP contribution in [0.2, 0.25) is 0 Å². The molecule has 2 aromatic rings. The zero-order chi connectivity index (χ0) is 15.6. The van der Waals surface area contributed by atoms with E-state index in [9.17, 15) is 0 Å². The van der Waals surface area contributed by atoms with Crippen LogP contribution in [0, 0.1) is 0 Å². The number of nitrogens with zero attached hydrogens (tertiary/aromatic N) is 1. The predicted molar refractivity (Wildman–Crippen MR) is 90.3 cm³/mol. The van der Waals surface area contributed by atoms with Gasteiger partial charge in [-0.15, -0.1) is 0 Å². The first-order valence-corrected chi connectivity index (χ1v) is 8.74. The fourth-order valence-electron chi connectivity index (χ4n) is 3.51. The molecular formula is C19H25NO3. The maximum absolute atomic E-state index is 6.18. The van der Waals surface area contributed by atoms with E-state index in [1.165, 1.54) is 36.0 Å². The molecule has 2 aliphatic rings. The minimum atomic E-state index is 0.645. The van der Waals surface area contributed by atoms with E-state index in [4.69, 9.17) is 13.9 Å². The lowest BCUT2D eigenvalue weighted by Crippen LogP contribution is -2.36. The minimum Gasteiger partial charge on any atom is -0.497 e. The first kappa shape index (κ1) is 15.0. The first-order valence-electron chi connectivity index (χ1n) is 8.74. The second-order valence-electron chi connectivity index (χ2n) is 6.64. The van der Waals surface area contributed by atoms with Crippen LogP contribution in [0.3, 0.4) is 0 Å². The second kappa shape index (κ2) is 6.54. The van der Waals surface area contributed by atoms with Crippen molar-refractivity contribution in [2.75, 3.05) is 40.0 Å². The highest BCUT2D eigenvalue weighted by Crippen LogP contribution is 2.45. The molecule has 0 radical (unpaired) electrons. The zero-order valence-corrected chi connectivity index (χ0v) is 13.8. The topological polar surface area (TPSA) is 34.8 Å². The van der Waals surface area contributed by atoms with Gasteiger partial charge in [0.15, 0.2) is 0 Å². The van der Waals surface area contributed by atoms with E-state index >= 15 is 0 Å². The van der Waals surface area contributed by atoms with E-state index < -0.39 is 0 Å². The number of aryl methyl sites for hydroxylation is 1. The van der Waals surface area contributed by atoms with Crippen LogP contribution >= 0.6 is 0 Å². The molecule has 124 valence electrons. The maximum Gasteiger partial charge on any atom is 0.134 e. The third-order valence-electron chi connectivity index (χ3n) is 4.98. The fraction of sp³-hybridized carbons (Fsp3) is 0.579. The summed E-state index contributed by atoms with van der Waals surface area (Å²) in [4.78, 5) is 2.50. The van der Waals surface area contributed by atoms with E-state index in [1.807, 2.05) is 12.1 Å². The Labute approximate surface area is 137 Å². The van der Waals surface area contributed by atoms with Gasteiger partial charge in [0.1, 0.15) is 17.1 Å². The highest BCUT2D eigenvalue weighted by atomic mass is 16.5. The Balaban J connectivity index is 1.52. The number of hydrogen-bond acceptors (Lipinski definition) is 4. The van der Waals surface area contributed by atoms with Crippen LogP contribution in [-0.2, 0) is 11.2 Å². The van der Waals surface area contributed by atoms with Gasteiger partial charge in [0.05, 0.1) is 20.3 Å². The molecular weight excluding hydrogens is 290 g/mol. The molecule has 1 aromatic heterocycles. The molecule has 4 heteroatoms. The summed E-state index contributed by atoms with van der Waals surface area (Å²) in [5, 5.41) is 1.24. The fourth-order valence-corrected chi connectivity index (χ4v) is 3.51. The molecule has 4 nitrogen and oxygen atoms in total. The van der Waals surface area contributed by atoms with E-state index in [0.717, 1.165) is 50.6 Å². The lowest BCUT2D eigenvalue weighted by Gasteiger charge is -2.26. The highest BCUT2D eigenvalue weighted by molar-refractivity contribution is 5.84. The first-order chi connectivity index (χ1) is 11.3. The van der Waals surface area contributed by atoms with Crippen LogP contribution in [0.5, 0.6) is 5.75 Å². The number of hydrogen-bond donors (Lipinski definition) is 0. The van der Waals surface area contributed by atoms with Gasteiger partial charge in [0, 0.05) is 30.0 Å². The molecule has 1 aliphatic heterocycles. The second-order valence-corrected chi connectivity index (χ2v) is 6.64. The lowest BCUT2D eigenvalue weighted by atomic mass is 10.0. The van der Waals surface area contributed by atoms with Crippen LogP contribution in [-0.4, -0.2) is 44.9 Å². The third kappa shape index (κ3) is 3.24. The Bertz CT molecular complexity index is 669. The Kier molecular flexibility index (Phi) is 4.27. The molecule has 0 amide bonds. The van der Waals surface area contributed by atoms with E-state index in [1.54, 1.807) is 7.11 Å². The smallest absolute Gasteiger partial charge is 0.134 e. The summed E-state index contributed by atoms with van der Waals surface area (Å²) >= 11 is 0. The van der Waals surface area contributed by atoms with Gasteiger partial charge in [-0.25, -0.2) is 0 Å². The summed E-state index contributed by atoms with van der Waals surface area (Å²) in [5.74, 6) is 2.79. The number of rotatable bonds is 6. The van der Waals surface area contributed by atoms with Gasteiger partial charge in [-0.3, -0.25) is 4.90 Å². The summed E-state index contributed by atoms with van der Waals surface area (Å²) in [6.45, 7) is 5.02. The summed E-state index contributed by atoms with van der Waals surface area (Å²) in [6.07, 6.45) is 4.80. The van der Waals surface area contributed by atoms with E-state index in [2.05, 4.69) is 11.0 Å². The average Bonchev–Trinajstić information content (AvgIpc) is 3.38. The van der Waals surface area contributed by atoms with Crippen molar-refractivity contribution in [2.24, 2.45) is 0 Å². The maximum atomic E-state index is 6.18. The summed E-state index contributed by atoms with van der Waals surface area (Å²) in [5.41, 5.74) is 2.42. The molecule has 0 N–H and O–H groups in total. The number of ether oxygens (including phenoxy) is 2. The van der Waals surface area contributed by atoms with Crippen molar-refractivity contribution in [3.63, 3.8) is 0 Å².